The molecule has 1 amide bonds. The third kappa shape index (κ3) is 4.83. The van der Waals surface area contributed by atoms with E-state index < -0.39 is 0 Å². The Morgan fingerprint density at radius 2 is 1.85 bits per heavy atom. The molecule has 0 fully saturated rings. The van der Waals surface area contributed by atoms with Gasteiger partial charge in [0, 0.05) is 36.0 Å². The highest BCUT2D eigenvalue weighted by Crippen LogP contribution is 2.23. The van der Waals surface area contributed by atoms with Gasteiger partial charge >= 0.3 is 0 Å². The Morgan fingerprint density at radius 3 is 2.59 bits per heavy atom. The van der Waals surface area contributed by atoms with Crippen molar-refractivity contribution in [2.24, 2.45) is 7.05 Å². The normalized spacial score (nSPS) is 10.6. The number of amides is 1. The first-order chi connectivity index (χ1) is 13.0. The number of benzene rings is 2. The van der Waals surface area contributed by atoms with E-state index in [0.29, 0.717) is 23.4 Å². The molecule has 0 aliphatic heterocycles. The SMILES string of the molecule is CC(=O)c1cccc(NC(=O)CCSc2nnc(-c3ccccc3)n2C)c1. The molecule has 0 spiro atoms. The number of aromatic nitrogens is 3. The van der Waals surface area contributed by atoms with E-state index in [4.69, 9.17) is 0 Å². The second-order valence-corrected chi connectivity index (χ2v) is 7.08. The summed E-state index contributed by atoms with van der Waals surface area (Å²) in [5.74, 6) is 1.24. The van der Waals surface area contributed by atoms with Crippen molar-refractivity contribution in [1.29, 1.82) is 0 Å². The Kier molecular flexibility index (Phi) is 6.03. The van der Waals surface area contributed by atoms with Gasteiger partial charge in [-0.1, -0.05) is 54.2 Å². The van der Waals surface area contributed by atoms with Gasteiger partial charge in [0.05, 0.1) is 0 Å². The molecule has 138 valence electrons. The Hall–Kier alpha value is -2.93. The third-order valence-electron chi connectivity index (χ3n) is 3.98. The van der Waals surface area contributed by atoms with Crippen LogP contribution in [0.4, 0.5) is 5.69 Å². The molecule has 0 unspecified atom stereocenters. The summed E-state index contributed by atoms with van der Waals surface area (Å²) in [6, 6.07) is 16.8. The predicted molar refractivity (Wildman–Crippen MR) is 107 cm³/mol. The number of thioether (sulfide) groups is 1. The number of nitrogens with zero attached hydrogens (tertiary/aromatic N) is 3. The van der Waals surface area contributed by atoms with E-state index in [1.165, 1.54) is 18.7 Å². The average Bonchev–Trinajstić information content (AvgIpc) is 3.03. The number of nitrogens with one attached hydrogen (secondary N) is 1. The van der Waals surface area contributed by atoms with Gasteiger partial charge in [-0.25, -0.2) is 0 Å². The zero-order chi connectivity index (χ0) is 19.2. The lowest BCUT2D eigenvalue weighted by Crippen LogP contribution is -2.12. The molecule has 3 aromatic rings. The number of carbonyl (C=O) groups is 2. The van der Waals surface area contributed by atoms with Crippen LogP contribution >= 0.6 is 11.8 Å². The lowest BCUT2D eigenvalue weighted by molar-refractivity contribution is -0.115. The van der Waals surface area contributed by atoms with Crippen molar-refractivity contribution in [3.63, 3.8) is 0 Å². The van der Waals surface area contributed by atoms with Gasteiger partial charge in [0.25, 0.3) is 0 Å². The number of rotatable bonds is 7. The lowest BCUT2D eigenvalue weighted by Gasteiger charge is -2.06. The number of carbonyl (C=O) groups excluding carboxylic acids is 2. The fraction of sp³-hybridized carbons (Fsp3) is 0.200. The fourth-order valence-corrected chi connectivity index (χ4v) is 3.40. The van der Waals surface area contributed by atoms with E-state index in [2.05, 4.69) is 15.5 Å². The maximum Gasteiger partial charge on any atom is 0.225 e. The van der Waals surface area contributed by atoms with Gasteiger partial charge in [0.2, 0.25) is 5.91 Å². The van der Waals surface area contributed by atoms with Gasteiger partial charge in [0.1, 0.15) is 0 Å². The van der Waals surface area contributed by atoms with Crippen LogP contribution in [0.1, 0.15) is 23.7 Å². The molecule has 3 rings (SSSR count). The molecule has 0 atom stereocenters. The number of ketones is 1. The summed E-state index contributed by atoms with van der Waals surface area (Å²) in [5, 5.41) is 12.0. The molecule has 0 aliphatic rings. The van der Waals surface area contributed by atoms with E-state index in [0.717, 1.165) is 16.5 Å². The second-order valence-electron chi connectivity index (χ2n) is 6.01. The van der Waals surface area contributed by atoms with Crippen LogP contribution in [0, 0.1) is 0 Å². The largest absolute Gasteiger partial charge is 0.326 e. The summed E-state index contributed by atoms with van der Waals surface area (Å²) in [6.07, 6.45) is 0.336. The molecule has 6 nitrogen and oxygen atoms in total. The van der Waals surface area contributed by atoms with Gasteiger partial charge in [-0.05, 0) is 19.1 Å². The van der Waals surface area contributed by atoms with Crippen LogP contribution in [-0.2, 0) is 11.8 Å². The lowest BCUT2D eigenvalue weighted by atomic mass is 10.1. The van der Waals surface area contributed by atoms with Crippen molar-refractivity contribution in [3.8, 4) is 11.4 Å². The predicted octanol–water partition coefficient (Wildman–Crippen LogP) is 3.81. The Labute approximate surface area is 162 Å². The highest BCUT2D eigenvalue weighted by atomic mass is 32.2. The molecule has 1 N–H and O–H groups in total. The van der Waals surface area contributed by atoms with Crippen molar-refractivity contribution in [2.75, 3.05) is 11.1 Å². The van der Waals surface area contributed by atoms with Crippen LogP contribution in [-0.4, -0.2) is 32.2 Å². The highest BCUT2D eigenvalue weighted by Gasteiger charge is 2.12. The molecule has 0 radical (unpaired) electrons. The molecular weight excluding hydrogens is 360 g/mol. The molecule has 1 heterocycles. The van der Waals surface area contributed by atoms with Crippen molar-refractivity contribution in [2.45, 2.75) is 18.5 Å². The number of hydrogen-bond acceptors (Lipinski definition) is 5. The summed E-state index contributed by atoms with van der Waals surface area (Å²) in [5.41, 5.74) is 2.21. The maximum absolute atomic E-state index is 12.1. The molecule has 0 aliphatic carbocycles. The van der Waals surface area contributed by atoms with E-state index in [-0.39, 0.29) is 11.7 Å². The van der Waals surface area contributed by atoms with Gasteiger partial charge in [-0.3, -0.25) is 9.59 Å². The molecule has 0 bridgehead atoms. The monoisotopic (exact) mass is 380 g/mol. The van der Waals surface area contributed by atoms with E-state index in [9.17, 15) is 9.59 Å². The van der Waals surface area contributed by atoms with Crippen molar-refractivity contribution in [1.82, 2.24) is 14.8 Å². The summed E-state index contributed by atoms with van der Waals surface area (Å²) in [6.45, 7) is 1.50. The first-order valence-electron chi connectivity index (χ1n) is 8.53. The molecule has 7 heteroatoms. The van der Waals surface area contributed by atoms with Crippen LogP contribution < -0.4 is 5.32 Å². The minimum Gasteiger partial charge on any atom is -0.326 e. The number of hydrogen-bond donors (Lipinski definition) is 1. The number of Topliss-reactive ketones (excluding diaryl/α,β-unsaturated/α-hetero) is 1. The van der Waals surface area contributed by atoms with Crippen LogP contribution in [0.5, 0.6) is 0 Å². The molecule has 27 heavy (non-hydrogen) atoms. The van der Waals surface area contributed by atoms with Crippen LogP contribution in [0.25, 0.3) is 11.4 Å². The number of anilines is 1. The smallest absolute Gasteiger partial charge is 0.225 e. The molecule has 1 aromatic heterocycles. The van der Waals surface area contributed by atoms with Crippen LogP contribution in [0.15, 0.2) is 59.8 Å². The van der Waals surface area contributed by atoms with Crippen molar-refractivity contribution in [3.05, 3.63) is 60.2 Å². The highest BCUT2D eigenvalue weighted by molar-refractivity contribution is 7.99. The standard InChI is InChI=1S/C20H20N4O2S/c1-14(25)16-9-6-10-17(13-16)21-18(26)11-12-27-20-23-22-19(24(20)2)15-7-4-3-5-8-15/h3-10,13H,11-12H2,1-2H3,(H,21,26). The summed E-state index contributed by atoms with van der Waals surface area (Å²) in [4.78, 5) is 23.6. The van der Waals surface area contributed by atoms with Gasteiger partial charge in [0.15, 0.2) is 16.8 Å². The third-order valence-corrected chi connectivity index (χ3v) is 5.00. The van der Waals surface area contributed by atoms with Crippen LogP contribution in [0.3, 0.4) is 0 Å². The van der Waals surface area contributed by atoms with Crippen LogP contribution in [0.2, 0.25) is 0 Å². The Bertz CT molecular complexity index is 954. The van der Waals surface area contributed by atoms with E-state index in [1.807, 2.05) is 41.9 Å². The minimum absolute atomic E-state index is 0.0295. The van der Waals surface area contributed by atoms with Crippen molar-refractivity contribution >= 4 is 29.1 Å². The van der Waals surface area contributed by atoms with E-state index >= 15 is 0 Å². The zero-order valence-corrected chi connectivity index (χ0v) is 16.0. The maximum atomic E-state index is 12.1. The Balaban J connectivity index is 1.54. The molecular formula is C20H20N4O2S. The summed E-state index contributed by atoms with van der Waals surface area (Å²) >= 11 is 1.48. The van der Waals surface area contributed by atoms with Gasteiger partial charge in [-0.2, -0.15) is 0 Å². The minimum atomic E-state index is -0.103. The summed E-state index contributed by atoms with van der Waals surface area (Å²) < 4.78 is 1.92. The molecule has 2 aromatic carbocycles. The average molecular weight is 380 g/mol. The van der Waals surface area contributed by atoms with E-state index in [1.54, 1.807) is 24.3 Å². The van der Waals surface area contributed by atoms with Crippen molar-refractivity contribution < 1.29 is 9.59 Å². The zero-order valence-electron chi connectivity index (χ0n) is 15.2. The first-order valence-corrected chi connectivity index (χ1v) is 9.51. The van der Waals surface area contributed by atoms with Gasteiger partial charge in [-0.15, -0.1) is 10.2 Å². The first kappa shape index (κ1) is 18.8. The van der Waals surface area contributed by atoms with Gasteiger partial charge < -0.3 is 9.88 Å². The Morgan fingerprint density at radius 1 is 1.07 bits per heavy atom. The topological polar surface area (TPSA) is 76.9 Å². The summed E-state index contributed by atoms with van der Waals surface area (Å²) in [7, 11) is 1.91. The second kappa shape index (κ2) is 8.64. The molecule has 0 saturated carbocycles. The molecule has 0 saturated heterocycles. The quantitative estimate of drug-likeness (QED) is 0.498. The fourth-order valence-electron chi connectivity index (χ4n) is 2.55.